The maximum Gasteiger partial charge on any atom is 0.231 e. The van der Waals surface area contributed by atoms with Crippen molar-refractivity contribution in [2.75, 3.05) is 13.2 Å². The molecule has 0 aromatic carbocycles. The van der Waals surface area contributed by atoms with Gasteiger partial charge in [-0.3, -0.25) is 0 Å². The van der Waals surface area contributed by atoms with Crippen LogP contribution in [0.5, 0.6) is 0 Å². The molecule has 2 rings (SSSR count). The zero-order chi connectivity index (χ0) is 13.0. The van der Waals surface area contributed by atoms with Gasteiger partial charge in [0.15, 0.2) is 0 Å². The van der Waals surface area contributed by atoms with E-state index in [1.807, 2.05) is 0 Å². The largest absolute Gasteiger partial charge is 0.370 e. The Morgan fingerprint density at radius 1 is 1.44 bits per heavy atom. The summed E-state index contributed by atoms with van der Waals surface area (Å²) in [6.45, 7) is 8.24. The Balaban J connectivity index is 1.95. The minimum Gasteiger partial charge on any atom is -0.370 e. The van der Waals surface area contributed by atoms with Crippen molar-refractivity contribution in [2.45, 2.75) is 58.1 Å². The zero-order valence-electron chi connectivity index (χ0n) is 11.5. The second kappa shape index (κ2) is 6.29. The Kier molecular flexibility index (Phi) is 4.72. The summed E-state index contributed by atoms with van der Waals surface area (Å²) in [4.78, 5) is 4.48. The molecule has 3 atom stereocenters. The number of hydrogen-bond acceptors (Lipinski definition) is 5. The summed E-state index contributed by atoms with van der Waals surface area (Å²) in [6, 6.07) is 0.336. The molecule has 5 heteroatoms. The van der Waals surface area contributed by atoms with E-state index >= 15 is 0 Å². The van der Waals surface area contributed by atoms with Gasteiger partial charge in [-0.25, -0.2) is 0 Å². The summed E-state index contributed by atoms with van der Waals surface area (Å²) in [5, 5.41) is 7.49. The number of nitrogens with zero attached hydrogens (tertiary/aromatic N) is 2. The lowest BCUT2D eigenvalue weighted by Gasteiger charge is -2.17. The van der Waals surface area contributed by atoms with Crippen LogP contribution in [0.25, 0.3) is 0 Å². The zero-order valence-corrected chi connectivity index (χ0v) is 11.5. The topological polar surface area (TPSA) is 60.2 Å². The van der Waals surface area contributed by atoms with Crippen molar-refractivity contribution >= 4 is 0 Å². The molecule has 0 amide bonds. The van der Waals surface area contributed by atoms with Gasteiger partial charge in [0, 0.05) is 12.6 Å². The van der Waals surface area contributed by atoms with Gasteiger partial charge in [0.25, 0.3) is 0 Å². The summed E-state index contributed by atoms with van der Waals surface area (Å²) in [6.07, 6.45) is 3.24. The first kappa shape index (κ1) is 13.5. The van der Waals surface area contributed by atoms with E-state index < -0.39 is 0 Å². The molecule has 0 radical (unpaired) electrons. The lowest BCUT2D eigenvalue weighted by Crippen LogP contribution is -2.31. The quantitative estimate of drug-likeness (QED) is 0.843. The molecule has 1 N–H and O–H groups in total. The molecule has 0 saturated carbocycles. The van der Waals surface area contributed by atoms with Crippen molar-refractivity contribution in [1.82, 2.24) is 15.5 Å². The predicted octanol–water partition coefficient (Wildman–Crippen LogP) is 2.41. The van der Waals surface area contributed by atoms with Crippen LogP contribution in [0, 0.1) is 0 Å². The van der Waals surface area contributed by atoms with E-state index in [9.17, 15) is 0 Å². The Hall–Kier alpha value is -0.940. The molecule has 5 nitrogen and oxygen atoms in total. The summed E-state index contributed by atoms with van der Waals surface area (Å²) < 4.78 is 10.9. The number of ether oxygens (including phenoxy) is 1. The van der Waals surface area contributed by atoms with Crippen LogP contribution >= 0.6 is 0 Å². The SMILES string of the molecule is CCCNC(C)C(C)c1nc(C2CCCO2)no1. The van der Waals surface area contributed by atoms with Crippen LogP contribution in [0.3, 0.4) is 0 Å². The van der Waals surface area contributed by atoms with Gasteiger partial charge in [-0.15, -0.1) is 0 Å². The van der Waals surface area contributed by atoms with Gasteiger partial charge < -0.3 is 14.6 Å². The first-order valence-corrected chi connectivity index (χ1v) is 6.90. The van der Waals surface area contributed by atoms with Crippen molar-refractivity contribution in [3.63, 3.8) is 0 Å². The minimum atomic E-state index is 0.0357. The maximum absolute atomic E-state index is 5.56. The van der Waals surface area contributed by atoms with Crippen LogP contribution in [0.15, 0.2) is 4.52 Å². The van der Waals surface area contributed by atoms with Crippen molar-refractivity contribution in [3.8, 4) is 0 Å². The molecular weight excluding hydrogens is 230 g/mol. The molecule has 1 aromatic rings. The van der Waals surface area contributed by atoms with Gasteiger partial charge >= 0.3 is 0 Å². The molecule has 2 heterocycles. The molecule has 3 unspecified atom stereocenters. The Bertz CT molecular complexity index is 361. The lowest BCUT2D eigenvalue weighted by atomic mass is 10.0. The number of hydrogen-bond donors (Lipinski definition) is 1. The van der Waals surface area contributed by atoms with E-state index in [0.717, 1.165) is 32.4 Å². The third kappa shape index (κ3) is 3.09. The third-order valence-corrected chi connectivity index (χ3v) is 3.53. The monoisotopic (exact) mass is 253 g/mol. The molecule has 102 valence electrons. The average molecular weight is 253 g/mol. The van der Waals surface area contributed by atoms with Crippen LogP contribution in [0.2, 0.25) is 0 Å². The molecule has 18 heavy (non-hydrogen) atoms. The summed E-state index contributed by atoms with van der Waals surface area (Å²) in [5.41, 5.74) is 0. The van der Waals surface area contributed by atoms with Crippen LogP contribution in [0.1, 0.15) is 63.8 Å². The Morgan fingerprint density at radius 2 is 2.28 bits per heavy atom. The van der Waals surface area contributed by atoms with E-state index in [4.69, 9.17) is 9.26 Å². The van der Waals surface area contributed by atoms with Gasteiger partial charge in [-0.2, -0.15) is 4.98 Å². The smallest absolute Gasteiger partial charge is 0.231 e. The molecule has 0 spiro atoms. The first-order chi connectivity index (χ1) is 8.72. The Labute approximate surface area is 108 Å². The van der Waals surface area contributed by atoms with Crippen molar-refractivity contribution < 1.29 is 9.26 Å². The fourth-order valence-electron chi connectivity index (χ4n) is 2.11. The van der Waals surface area contributed by atoms with Crippen molar-refractivity contribution in [2.24, 2.45) is 0 Å². The van der Waals surface area contributed by atoms with Gasteiger partial charge in [-0.05, 0) is 32.7 Å². The minimum absolute atomic E-state index is 0.0357. The highest BCUT2D eigenvalue weighted by Crippen LogP contribution is 2.27. The fraction of sp³-hybridized carbons (Fsp3) is 0.846. The summed E-state index contributed by atoms with van der Waals surface area (Å²) in [7, 11) is 0. The van der Waals surface area contributed by atoms with E-state index in [-0.39, 0.29) is 12.0 Å². The number of rotatable bonds is 6. The molecule has 1 fully saturated rings. The van der Waals surface area contributed by atoms with Gasteiger partial charge in [0.1, 0.15) is 6.10 Å². The van der Waals surface area contributed by atoms with Crippen LogP contribution in [0.4, 0.5) is 0 Å². The van der Waals surface area contributed by atoms with Crippen molar-refractivity contribution in [3.05, 3.63) is 11.7 Å². The van der Waals surface area contributed by atoms with Crippen LogP contribution in [-0.2, 0) is 4.74 Å². The molecule has 1 saturated heterocycles. The van der Waals surface area contributed by atoms with Gasteiger partial charge in [-0.1, -0.05) is 19.0 Å². The van der Waals surface area contributed by atoms with Crippen LogP contribution in [-0.4, -0.2) is 29.3 Å². The lowest BCUT2D eigenvalue weighted by molar-refractivity contribution is 0.103. The van der Waals surface area contributed by atoms with E-state index in [1.165, 1.54) is 0 Å². The highest BCUT2D eigenvalue weighted by atomic mass is 16.5. The summed E-state index contributed by atoms with van der Waals surface area (Å²) in [5.74, 6) is 1.63. The first-order valence-electron chi connectivity index (χ1n) is 6.90. The van der Waals surface area contributed by atoms with Gasteiger partial charge in [0.2, 0.25) is 11.7 Å². The molecular formula is C13H23N3O2. The van der Waals surface area contributed by atoms with Crippen molar-refractivity contribution in [1.29, 1.82) is 0 Å². The number of nitrogens with one attached hydrogen (secondary N) is 1. The van der Waals surface area contributed by atoms with E-state index in [1.54, 1.807) is 0 Å². The highest BCUT2D eigenvalue weighted by molar-refractivity contribution is 4.99. The standard InChI is InChI=1S/C13H23N3O2/c1-4-7-14-10(3)9(2)13-15-12(16-18-13)11-6-5-8-17-11/h9-11,14H,4-8H2,1-3H3. The maximum atomic E-state index is 5.56. The van der Waals surface area contributed by atoms with E-state index in [0.29, 0.717) is 17.8 Å². The molecule has 1 aliphatic rings. The normalized spacial score (nSPS) is 23.2. The second-order valence-electron chi connectivity index (χ2n) is 5.02. The highest BCUT2D eigenvalue weighted by Gasteiger charge is 2.26. The third-order valence-electron chi connectivity index (χ3n) is 3.53. The van der Waals surface area contributed by atoms with Gasteiger partial charge in [0.05, 0.1) is 5.92 Å². The van der Waals surface area contributed by atoms with Crippen LogP contribution < -0.4 is 5.32 Å². The molecule has 1 aromatic heterocycles. The Morgan fingerprint density at radius 3 is 2.94 bits per heavy atom. The predicted molar refractivity (Wildman–Crippen MR) is 68.4 cm³/mol. The van der Waals surface area contributed by atoms with E-state index in [2.05, 4.69) is 36.2 Å². The molecule has 0 bridgehead atoms. The number of aromatic nitrogens is 2. The fourth-order valence-corrected chi connectivity index (χ4v) is 2.11. The average Bonchev–Trinajstić information content (AvgIpc) is 3.04. The second-order valence-corrected chi connectivity index (χ2v) is 5.02. The molecule has 1 aliphatic heterocycles. The summed E-state index contributed by atoms with van der Waals surface area (Å²) >= 11 is 0. The molecule has 0 aliphatic carbocycles.